The van der Waals surface area contributed by atoms with Crippen LogP contribution in [0.1, 0.15) is 11.3 Å². The van der Waals surface area contributed by atoms with Gasteiger partial charge in [-0.05, 0) is 30.7 Å². The first kappa shape index (κ1) is 11.1. The second-order valence-corrected chi connectivity index (χ2v) is 4.64. The molecule has 82 valence electrons. The number of halogens is 1. The Morgan fingerprint density at radius 1 is 1.19 bits per heavy atom. The minimum Gasteiger partial charge on any atom is -0.309 e. The van der Waals surface area contributed by atoms with E-state index in [9.17, 15) is 4.79 Å². The number of pyridine rings is 1. The van der Waals surface area contributed by atoms with Gasteiger partial charge in [-0.1, -0.05) is 34.1 Å². The SMILES string of the molecule is Cc1cccc(=O)n1Cc1cccc(Br)c1. The average Bonchev–Trinajstić information content (AvgIpc) is 2.24. The van der Waals surface area contributed by atoms with Crippen molar-refractivity contribution in [2.75, 3.05) is 0 Å². The molecule has 0 aliphatic carbocycles. The van der Waals surface area contributed by atoms with E-state index in [0.29, 0.717) is 6.54 Å². The van der Waals surface area contributed by atoms with Crippen LogP contribution in [-0.2, 0) is 6.54 Å². The molecule has 0 saturated heterocycles. The average molecular weight is 278 g/mol. The fourth-order valence-corrected chi connectivity index (χ4v) is 2.09. The topological polar surface area (TPSA) is 22.0 Å². The van der Waals surface area contributed by atoms with Crippen molar-refractivity contribution < 1.29 is 0 Å². The smallest absolute Gasteiger partial charge is 0.251 e. The monoisotopic (exact) mass is 277 g/mol. The van der Waals surface area contributed by atoms with Gasteiger partial charge >= 0.3 is 0 Å². The van der Waals surface area contributed by atoms with E-state index in [4.69, 9.17) is 0 Å². The lowest BCUT2D eigenvalue weighted by atomic mass is 10.2. The number of benzene rings is 1. The predicted molar refractivity (Wildman–Crippen MR) is 68.7 cm³/mol. The van der Waals surface area contributed by atoms with E-state index in [0.717, 1.165) is 15.7 Å². The molecule has 1 heterocycles. The lowest BCUT2D eigenvalue weighted by molar-refractivity contribution is 0.729. The Balaban J connectivity index is 2.38. The van der Waals surface area contributed by atoms with E-state index in [-0.39, 0.29) is 5.56 Å². The Morgan fingerprint density at radius 3 is 2.62 bits per heavy atom. The summed E-state index contributed by atoms with van der Waals surface area (Å²) in [5.41, 5.74) is 2.14. The molecular formula is C13H12BrNO. The van der Waals surface area contributed by atoms with Gasteiger partial charge in [0.1, 0.15) is 0 Å². The number of aryl methyl sites for hydroxylation is 1. The maximum absolute atomic E-state index is 11.7. The molecule has 0 aliphatic heterocycles. The van der Waals surface area contributed by atoms with Crippen molar-refractivity contribution in [3.63, 3.8) is 0 Å². The van der Waals surface area contributed by atoms with Crippen molar-refractivity contribution in [2.45, 2.75) is 13.5 Å². The van der Waals surface area contributed by atoms with Gasteiger partial charge in [-0.2, -0.15) is 0 Å². The molecule has 0 radical (unpaired) electrons. The van der Waals surface area contributed by atoms with Gasteiger partial charge in [-0.25, -0.2) is 0 Å². The summed E-state index contributed by atoms with van der Waals surface area (Å²) in [5, 5.41) is 0. The molecule has 0 bridgehead atoms. The highest BCUT2D eigenvalue weighted by molar-refractivity contribution is 9.10. The highest BCUT2D eigenvalue weighted by Crippen LogP contribution is 2.12. The van der Waals surface area contributed by atoms with Crippen molar-refractivity contribution in [1.29, 1.82) is 0 Å². The third kappa shape index (κ3) is 2.42. The first-order chi connectivity index (χ1) is 7.66. The maximum Gasteiger partial charge on any atom is 0.251 e. The van der Waals surface area contributed by atoms with Crippen LogP contribution in [0.15, 0.2) is 51.7 Å². The van der Waals surface area contributed by atoms with Gasteiger partial charge in [0.15, 0.2) is 0 Å². The van der Waals surface area contributed by atoms with Crippen LogP contribution < -0.4 is 5.56 Å². The zero-order valence-corrected chi connectivity index (χ0v) is 10.6. The summed E-state index contributed by atoms with van der Waals surface area (Å²) < 4.78 is 2.80. The summed E-state index contributed by atoms with van der Waals surface area (Å²) in [6.07, 6.45) is 0. The Labute approximate surface area is 103 Å². The fourth-order valence-electron chi connectivity index (χ4n) is 1.64. The molecule has 0 fully saturated rings. The second kappa shape index (κ2) is 4.66. The predicted octanol–water partition coefficient (Wildman–Crippen LogP) is 2.97. The molecule has 0 unspecified atom stereocenters. The molecule has 3 heteroatoms. The summed E-state index contributed by atoms with van der Waals surface area (Å²) >= 11 is 3.43. The van der Waals surface area contributed by atoms with Gasteiger partial charge in [0, 0.05) is 16.2 Å². The highest BCUT2D eigenvalue weighted by Gasteiger charge is 2.00. The lowest BCUT2D eigenvalue weighted by Crippen LogP contribution is -2.21. The zero-order valence-electron chi connectivity index (χ0n) is 8.98. The summed E-state index contributed by atoms with van der Waals surface area (Å²) in [6.45, 7) is 2.56. The Morgan fingerprint density at radius 2 is 1.94 bits per heavy atom. The third-order valence-corrected chi connectivity index (χ3v) is 2.99. The first-order valence-electron chi connectivity index (χ1n) is 5.08. The van der Waals surface area contributed by atoms with Crippen molar-refractivity contribution >= 4 is 15.9 Å². The van der Waals surface area contributed by atoms with E-state index in [2.05, 4.69) is 15.9 Å². The van der Waals surface area contributed by atoms with Crippen LogP contribution in [0, 0.1) is 6.92 Å². The van der Waals surface area contributed by atoms with Gasteiger partial charge in [0.2, 0.25) is 0 Å². The molecule has 16 heavy (non-hydrogen) atoms. The van der Waals surface area contributed by atoms with Gasteiger partial charge in [-0.3, -0.25) is 4.79 Å². The molecule has 2 rings (SSSR count). The minimum atomic E-state index is 0.0416. The highest BCUT2D eigenvalue weighted by atomic mass is 79.9. The Kier molecular flexibility index (Phi) is 3.25. The van der Waals surface area contributed by atoms with Crippen molar-refractivity contribution in [3.05, 3.63) is 68.5 Å². The minimum absolute atomic E-state index is 0.0416. The number of hydrogen-bond acceptors (Lipinski definition) is 1. The second-order valence-electron chi connectivity index (χ2n) is 3.72. The molecule has 0 atom stereocenters. The molecule has 0 aliphatic rings. The van der Waals surface area contributed by atoms with Crippen LogP contribution >= 0.6 is 15.9 Å². The van der Waals surface area contributed by atoms with Crippen LogP contribution in [0.3, 0.4) is 0 Å². The molecule has 2 nitrogen and oxygen atoms in total. The van der Waals surface area contributed by atoms with Gasteiger partial charge < -0.3 is 4.57 Å². The van der Waals surface area contributed by atoms with Gasteiger partial charge in [0.25, 0.3) is 5.56 Å². The summed E-state index contributed by atoms with van der Waals surface area (Å²) in [4.78, 5) is 11.7. The summed E-state index contributed by atoms with van der Waals surface area (Å²) in [6, 6.07) is 13.3. The number of nitrogens with zero attached hydrogens (tertiary/aromatic N) is 1. The molecule has 0 spiro atoms. The number of hydrogen-bond donors (Lipinski definition) is 0. The quantitative estimate of drug-likeness (QED) is 0.827. The molecule has 0 saturated carbocycles. The maximum atomic E-state index is 11.7. The van der Waals surface area contributed by atoms with Crippen LogP contribution in [0.25, 0.3) is 0 Å². The van der Waals surface area contributed by atoms with Gasteiger partial charge in [0.05, 0.1) is 6.54 Å². The molecule has 0 N–H and O–H groups in total. The van der Waals surface area contributed by atoms with E-state index < -0.39 is 0 Å². The zero-order chi connectivity index (χ0) is 11.5. The van der Waals surface area contributed by atoms with Crippen LogP contribution in [-0.4, -0.2) is 4.57 Å². The normalized spacial score (nSPS) is 10.4. The molecule has 2 aromatic rings. The van der Waals surface area contributed by atoms with Crippen molar-refractivity contribution in [1.82, 2.24) is 4.57 Å². The van der Waals surface area contributed by atoms with Crippen LogP contribution in [0.5, 0.6) is 0 Å². The van der Waals surface area contributed by atoms with E-state index >= 15 is 0 Å². The summed E-state index contributed by atoms with van der Waals surface area (Å²) in [5.74, 6) is 0. The lowest BCUT2D eigenvalue weighted by Gasteiger charge is -2.09. The van der Waals surface area contributed by atoms with Crippen molar-refractivity contribution in [3.8, 4) is 0 Å². The molecule has 1 aromatic carbocycles. The largest absolute Gasteiger partial charge is 0.309 e. The first-order valence-corrected chi connectivity index (χ1v) is 5.87. The molecule has 1 aromatic heterocycles. The summed E-state index contributed by atoms with van der Waals surface area (Å²) in [7, 11) is 0. The molecular weight excluding hydrogens is 266 g/mol. The fraction of sp³-hybridized carbons (Fsp3) is 0.154. The van der Waals surface area contributed by atoms with E-state index in [1.54, 1.807) is 16.7 Å². The van der Waals surface area contributed by atoms with E-state index in [1.165, 1.54) is 0 Å². The van der Waals surface area contributed by atoms with Crippen molar-refractivity contribution in [2.24, 2.45) is 0 Å². The van der Waals surface area contributed by atoms with Crippen LogP contribution in [0.4, 0.5) is 0 Å². The van der Waals surface area contributed by atoms with Gasteiger partial charge in [-0.15, -0.1) is 0 Å². The van der Waals surface area contributed by atoms with Crippen LogP contribution in [0.2, 0.25) is 0 Å². The van der Waals surface area contributed by atoms with E-state index in [1.807, 2.05) is 37.3 Å². The Bertz CT molecular complexity index is 560. The number of rotatable bonds is 2. The third-order valence-electron chi connectivity index (χ3n) is 2.50. The number of aromatic nitrogens is 1. The molecule has 0 amide bonds. The Hall–Kier alpha value is -1.35. The standard InChI is InChI=1S/C13H12BrNO/c1-10-4-2-7-13(16)15(10)9-11-5-3-6-12(14)8-11/h2-8H,9H2,1H3.